The number of rotatable bonds is 11. The first-order valence-electron chi connectivity index (χ1n) is 12.0. The van der Waals surface area contributed by atoms with Crippen LogP contribution in [0.4, 0.5) is 0 Å². The van der Waals surface area contributed by atoms with Crippen LogP contribution in [0.5, 0.6) is 11.5 Å². The van der Waals surface area contributed by atoms with Gasteiger partial charge in [0.05, 0.1) is 20.8 Å². The van der Waals surface area contributed by atoms with Gasteiger partial charge >= 0.3 is 5.97 Å². The van der Waals surface area contributed by atoms with Crippen LogP contribution in [0.2, 0.25) is 0 Å². The number of carbonyl (C=O) groups excluding carboxylic acids is 1. The molecule has 0 bridgehead atoms. The van der Waals surface area contributed by atoms with E-state index < -0.39 is 6.04 Å². The molecule has 0 amide bonds. The van der Waals surface area contributed by atoms with Crippen LogP contribution in [0.25, 0.3) is 0 Å². The van der Waals surface area contributed by atoms with Crippen molar-refractivity contribution >= 4 is 5.97 Å². The number of hydrogen-bond acceptors (Lipinski definition) is 6. The van der Waals surface area contributed by atoms with Gasteiger partial charge in [0.15, 0.2) is 11.5 Å². The van der Waals surface area contributed by atoms with E-state index >= 15 is 0 Å². The molecule has 0 aromatic heterocycles. The summed E-state index contributed by atoms with van der Waals surface area (Å²) in [5.74, 6) is 1.27. The summed E-state index contributed by atoms with van der Waals surface area (Å²) in [6.07, 6.45) is 2.35. The molecule has 2 aromatic carbocycles. The zero-order valence-corrected chi connectivity index (χ0v) is 21.1. The predicted molar refractivity (Wildman–Crippen MR) is 135 cm³/mol. The summed E-state index contributed by atoms with van der Waals surface area (Å²) in [6.45, 7) is 11.6. The summed E-state index contributed by atoms with van der Waals surface area (Å²) in [7, 11) is 3.32. The highest BCUT2D eigenvalue weighted by molar-refractivity contribution is 5.75. The van der Waals surface area contributed by atoms with Crippen LogP contribution in [0.15, 0.2) is 54.7 Å². The quantitative estimate of drug-likeness (QED) is 0.492. The minimum absolute atomic E-state index is 0.0886. The average molecular weight is 467 g/mol. The fourth-order valence-corrected chi connectivity index (χ4v) is 4.57. The Labute approximate surface area is 203 Å². The Hall–Kier alpha value is -2.99. The number of aryl methyl sites for hydroxylation is 1. The van der Waals surface area contributed by atoms with Crippen molar-refractivity contribution in [3.63, 3.8) is 0 Å². The Morgan fingerprint density at radius 2 is 1.79 bits per heavy atom. The molecule has 1 N–H and O–H groups in total. The second kappa shape index (κ2) is 11.9. The highest BCUT2D eigenvalue weighted by Crippen LogP contribution is 2.35. The highest BCUT2D eigenvalue weighted by Gasteiger charge is 2.29. The molecule has 2 aromatic rings. The van der Waals surface area contributed by atoms with E-state index in [9.17, 15) is 4.79 Å². The predicted octanol–water partition coefficient (Wildman–Crippen LogP) is 4.51. The number of nitrogens with zero attached hydrogens (tertiary/aromatic N) is 1. The number of ether oxygens (including phenoxy) is 3. The second-order valence-corrected chi connectivity index (χ2v) is 8.87. The Morgan fingerprint density at radius 1 is 1.15 bits per heavy atom. The lowest BCUT2D eigenvalue weighted by Crippen LogP contribution is -2.49. The van der Waals surface area contributed by atoms with Crippen molar-refractivity contribution in [1.82, 2.24) is 10.2 Å². The van der Waals surface area contributed by atoms with Gasteiger partial charge in [-0.1, -0.05) is 36.9 Å². The highest BCUT2D eigenvalue weighted by atomic mass is 16.5. The maximum Gasteiger partial charge on any atom is 0.323 e. The molecule has 0 aliphatic carbocycles. The summed E-state index contributed by atoms with van der Waals surface area (Å²) in [5, 5.41) is 3.49. The normalized spacial score (nSPS) is 16.9. The second-order valence-electron chi connectivity index (χ2n) is 8.87. The third kappa shape index (κ3) is 6.11. The lowest BCUT2D eigenvalue weighted by atomic mass is 9.93. The van der Waals surface area contributed by atoms with Crippen molar-refractivity contribution in [3.8, 4) is 11.5 Å². The molecule has 3 atom stereocenters. The van der Waals surface area contributed by atoms with Crippen molar-refractivity contribution in [2.24, 2.45) is 0 Å². The summed E-state index contributed by atoms with van der Waals surface area (Å²) in [4.78, 5) is 15.0. The van der Waals surface area contributed by atoms with Gasteiger partial charge in [0.2, 0.25) is 0 Å². The van der Waals surface area contributed by atoms with Crippen molar-refractivity contribution in [3.05, 3.63) is 71.4 Å². The molecule has 6 heteroatoms. The number of esters is 1. The lowest BCUT2D eigenvalue weighted by molar-refractivity contribution is -0.146. The fraction of sp³-hybridized carbons (Fsp3) is 0.464. The van der Waals surface area contributed by atoms with Gasteiger partial charge in [0.25, 0.3) is 0 Å². The lowest BCUT2D eigenvalue weighted by Gasteiger charge is -2.40. The van der Waals surface area contributed by atoms with Crippen LogP contribution < -0.4 is 14.8 Å². The van der Waals surface area contributed by atoms with Crippen molar-refractivity contribution in [2.75, 3.05) is 20.8 Å². The van der Waals surface area contributed by atoms with Gasteiger partial charge in [0.1, 0.15) is 6.04 Å². The van der Waals surface area contributed by atoms with Crippen molar-refractivity contribution in [1.29, 1.82) is 0 Å². The van der Waals surface area contributed by atoms with Crippen LogP contribution >= 0.6 is 0 Å². The van der Waals surface area contributed by atoms with Gasteiger partial charge in [-0.3, -0.25) is 10.1 Å². The number of carbonyl (C=O) groups is 1. The molecule has 0 radical (unpaired) electrons. The first kappa shape index (κ1) is 25.6. The van der Waals surface area contributed by atoms with Crippen molar-refractivity contribution < 1.29 is 19.0 Å². The average Bonchev–Trinajstić information content (AvgIpc) is 2.85. The summed E-state index contributed by atoms with van der Waals surface area (Å²) in [6, 6.07) is 14.1. The minimum atomic E-state index is -0.399. The van der Waals surface area contributed by atoms with E-state index in [0.717, 1.165) is 36.6 Å². The van der Waals surface area contributed by atoms with E-state index in [0.29, 0.717) is 13.0 Å². The van der Waals surface area contributed by atoms with Gasteiger partial charge < -0.3 is 19.1 Å². The molecule has 0 fully saturated rings. The molecule has 3 unspecified atom stereocenters. The van der Waals surface area contributed by atoms with Crippen LogP contribution in [0.1, 0.15) is 43.9 Å². The first-order chi connectivity index (χ1) is 16.4. The fourth-order valence-electron chi connectivity index (χ4n) is 4.57. The smallest absolute Gasteiger partial charge is 0.323 e. The van der Waals surface area contributed by atoms with Crippen LogP contribution in [-0.2, 0) is 28.9 Å². The molecule has 0 saturated carbocycles. The number of nitrogens with one attached hydrogen (secondary N) is 1. The van der Waals surface area contributed by atoms with E-state index in [2.05, 4.69) is 54.9 Å². The molecule has 1 aliphatic rings. The molecule has 184 valence electrons. The number of methoxy groups -OCH3 is 2. The van der Waals surface area contributed by atoms with Crippen LogP contribution in [0, 0.1) is 0 Å². The number of benzene rings is 2. The van der Waals surface area contributed by atoms with Gasteiger partial charge in [-0.05, 0) is 68.9 Å². The molecule has 0 saturated heterocycles. The van der Waals surface area contributed by atoms with Gasteiger partial charge in [-0.25, -0.2) is 0 Å². The molecular formula is C28H38N2O4. The largest absolute Gasteiger partial charge is 0.493 e. The Bertz CT molecular complexity index is 976. The molecule has 6 nitrogen and oxygen atoms in total. The molecule has 0 spiro atoms. The van der Waals surface area contributed by atoms with Crippen molar-refractivity contribution in [2.45, 2.75) is 64.7 Å². The number of hydrogen-bond donors (Lipinski definition) is 1. The zero-order valence-electron chi connectivity index (χ0n) is 21.1. The van der Waals surface area contributed by atoms with Crippen LogP contribution in [-0.4, -0.2) is 49.8 Å². The molecular weight excluding hydrogens is 428 g/mol. The SMILES string of the molecule is C=C(C(C)NC(CCc1ccccc1)C(=O)OCC)N1Cc2cc(OC)c(OC)cc2CC1C. The summed E-state index contributed by atoms with van der Waals surface area (Å²) < 4.78 is 16.4. The van der Waals surface area contributed by atoms with E-state index in [1.807, 2.05) is 25.1 Å². The van der Waals surface area contributed by atoms with E-state index in [1.165, 1.54) is 16.7 Å². The first-order valence-corrected chi connectivity index (χ1v) is 12.0. The zero-order chi connectivity index (χ0) is 24.7. The standard InChI is InChI=1S/C28H38N2O4/c1-7-34-28(31)25(14-13-22-11-9-8-10-12-22)29-20(3)21(4)30-18-24-17-27(33-6)26(32-5)16-23(24)15-19(30)2/h8-12,16-17,19-20,25,29H,4,7,13-15,18H2,1-3,5-6H3. The minimum Gasteiger partial charge on any atom is -0.493 e. The maximum absolute atomic E-state index is 12.7. The van der Waals surface area contributed by atoms with Gasteiger partial charge in [0, 0.05) is 24.3 Å². The third-order valence-electron chi connectivity index (χ3n) is 6.55. The maximum atomic E-state index is 12.7. The van der Waals surface area contributed by atoms with E-state index in [-0.39, 0.29) is 18.1 Å². The van der Waals surface area contributed by atoms with Gasteiger partial charge in [-0.15, -0.1) is 0 Å². The summed E-state index contributed by atoms with van der Waals surface area (Å²) in [5.41, 5.74) is 4.63. The Kier molecular flexibility index (Phi) is 8.99. The van der Waals surface area contributed by atoms with Gasteiger partial charge in [-0.2, -0.15) is 0 Å². The van der Waals surface area contributed by atoms with E-state index in [1.54, 1.807) is 14.2 Å². The molecule has 1 aliphatic heterocycles. The Balaban J connectivity index is 1.71. The topological polar surface area (TPSA) is 60.0 Å². The molecule has 34 heavy (non-hydrogen) atoms. The number of fused-ring (bicyclic) bond motifs is 1. The van der Waals surface area contributed by atoms with Crippen LogP contribution in [0.3, 0.4) is 0 Å². The molecule has 1 heterocycles. The Morgan fingerprint density at radius 3 is 2.41 bits per heavy atom. The molecule has 3 rings (SSSR count). The monoisotopic (exact) mass is 466 g/mol. The van der Waals surface area contributed by atoms with E-state index in [4.69, 9.17) is 14.2 Å². The third-order valence-corrected chi connectivity index (χ3v) is 6.55. The summed E-state index contributed by atoms with van der Waals surface area (Å²) >= 11 is 0.